The van der Waals surface area contributed by atoms with Crippen molar-refractivity contribution in [1.29, 1.82) is 0 Å². The quantitative estimate of drug-likeness (QED) is 0.233. The van der Waals surface area contributed by atoms with Gasteiger partial charge in [-0.15, -0.1) is 0 Å². The van der Waals surface area contributed by atoms with Gasteiger partial charge in [0.1, 0.15) is 11.3 Å². The molecule has 0 saturated heterocycles. The molecule has 43 heavy (non-hydrogen) atoms. The first kappa shape index (κ1) is 26.7. The lowest BCUT2D eigenvalue weighted by Gasteiger charge is -2.22. The van der Waals surface area contributed by atoms with Gasteiger partial charge in [0.05, 0.1) is 11.1 Å². The summed E-state index contributed by atoms with van der Waals surface area (Å²) in [6, 6.07) is 37.1. The molecule has 0 fully saturated rings. The number of fused-ring (bicyclic) bond motifs is 2. The fraction of sp³-hybridized carbons (Fsp3) is 0.128. The second-order valence-corrected chi connectivity index (χ2v) is 12.2. The summed E-state index contributed by atoms with van der Waals surface area (Å²) in [7, 11) is 0. The highest BCUT2D eigenvalue weighted by Gasteiger charge is 2.20. The number of hydrogen-bond acceptors (Lipinski definition) is 4. The highest BCUT2D eigenvalue weighted by molar-refractivity contribution is 5.99. The predicted octanol–water partition coefficient (Wildman–Crippen LogP) is 10.4. The molecule has 0 bridgehead atoms. The van der Waals surface area contributed by atoms with Gasteiger partial charge < -0.3 is 9.52 Å². The first-order valence-corrected chi connectivity index (χ1v) is 14.5. The fourth-order valence-electron chi connectivity index (χ4n) is 5.70. The summed E-state index contributed by atoms with van der Waals surface area (Å²) in [5.41, 5.74) is 11.8. The minimum Gasteiger partial charge on any atom is -0.507 e. The van der Waals surface area contributed by atoms with E-state index in [1.54, 1.807) is 12.1 Å². The zero-order chi connectivity index (χ0) is 29.7. The van der Waals surface area contributed by atoms with E-state index in [-0.39, 0.29) is 11.2 Å². The van der Waals surface area contributed by atoms with Gasteiger partial charge in [0.15, 0.2) is 5.58 Å². The molecule has 0 aliphatic heterocycles. The number of phenols is 1. The van der Waals surface area contributed by atoms with Crippen molar-refractivity contribution in [2.24, 2.45) is 0 Å². The van der Waals surface area contributed by atoms with Gasteiger partial charge in [-0.2, -0.15) is 0 Å². The Morgan fingerprint density at radius 3 is 2.09 bits per heavy atom. The highest BCUT2D eigenvalue weighted by Crippen LogP contribution is 2.40. The third-order valence-corrected chi connectivity index (χ3v) is 8.00. The van der Waals surface area contributed by atoms with Gasteiger partial charge in [0.25, 0.3) is 0 Å². The van der Waals surface area contributed by atoms with Crippen molar-refractivity contribution in [3.05, 3.63) is 127 Å². The molecule has 0 radical (unpaired) electrons. The fourth-order valence-corrected chi connectivity index (χ4v) is 5.70. The average Bonchev–Trinajstić information content (AvgIpc) is 3.45. The Bertz CT molecular complexity index is 2140. The normalized spacial score (nSPS) is 11.8. The Labute approximate surface area is 251 Å². The number of aryl methyl sites for hydroxylation is 1. The van der Waals surface area contributed by atoms with Crippen molar-refractivity contribution in [2.45, 2.75) is 33.1 Å². The molecule has 1 N–H and O–H groups in total. The molecular formula is C39H32N2O2. The molecule has 4 nitrogen and oxygen atoms in total. The first-order valence-electron chi connectivity index (χ1n) is 14.5. The molecule has 4 heteroatoms. The van der Waals surface area contributed by atoms with E-state index >= 15 is 0 Å². The van der Waals surface area contributed by atoms with Crippen molar-refractivity contribution in [3.8, 4) is 50.6 Å². The molecule has 5 aromatic carbocycles. The third-order valence-electron chi connectivity index (χ3n) is 8.00. The number of aromatic hydroxyl groups is 1. The van der Waals surface area contributed by atoms with E-state index in [2.05, 4.69) is 94.4 Å². The number of nitrogens with zero attached hydrogens (tertiary/aromatic N) is 2. The monoisotopic (exact) mass is 560 g/mol. The molecule has 0 spiro atoms. The van der Waals surface area contributed by atoms with Crippen LogP contribution in [0.25, 0.3) is 66.8 Å². The molecule has 210 valence electrons. The van der Waals surface area contributed by atoms with Crippen LogP contribution < -0.4 is 0 Å². The number of oxazole rings is 1. The van der Waals surface area contributed by atoms with Crippen LogP contribution in [0.4, 0.5) is 0 Å². The van der Waals surface area contributed by atoms with E-state index in [0.717, 1.165) is 55.4 Å². The summed E-state index contributed by atoms with van der Waals surface area (Å²) in [4.78, 5) is 9.82. The summed E-state index contributed by atoms with van der Waals surface area (Å²) < 4.78 is 6.17. The summed E-state index contributed by atoms with van der Waals surface area (Å²) in [5.74, 6) is 0.528. The molecule has 7 aromatic rings. The summed E-state index contributed by atoms with van der Waals surface area (Å²) in [6.07, 6.45) is 1.95. The zero-order valence-electron chi connectivity index (χ0n) is 24.7. The van der Waals surface area contributed by atoms with E-state index in [4.69, 9.17) is 14.4 Å². The number of aromatic nitrogens is 2. The van der Waals surface area contributed by atoms with Gasteiger partial charge in [-0.3, -0.25) is 4.98 Å². The standard InChI is InChI=1S/C39H32N2O2/c1-24-17-29-21-30(39(2,3)4)22-33(36(29)40-23-24)28-19-26(25-11-6-5-7-12-25)18-27(20-28)31-14-10-16-35-37(31)41-38(43-35)32-13-8-9-15-34(32)42/h5-23,42H,1-4H3. The lowest BCUT2D eigenvalue weighted by Crippen LogP contribution is -2.11. The minimum absolute atomic E-state index is 0.0295. The first-order chi connectivity index (χ1) is 20.7. The molecule has 7 rings (SSSR count). The molecule has 0 atom stereocenters. The number of rotatable bonds is 4. The molecule has 0 aliphatic carbocycles. The zero-order valence-corrected chi connectivity index (χ0v) is 24.7. The van der Waals surface area contributed by atoms with Gasteiger partial charge in [-0.05, 0) is 100 Å². The predicted molar refractivity (Wildman–Crippen MR) is 176 cm³/mol. The number of para-hydroxylation sites is 2. The van der Waals surface area contributed by atoms with Crippen molar-refractivity contribution in [1.82, 2.24) is 9.97 Å². The van der Waals surface area contributed by atoms with Gasteiger partial charge >= 0.3 is 0 Å². The second-order valence-electron chi connectivity index (χ2n) is 12.2. The van der Waals surface area contributed by atoms with Gasteiger partial charge in [0.2, 0.25) is 5.89 Å². The van der Waals surface area contributed by atoms with Crippen molar-refractivity contribution in [2.75, 3.05) is 0 Å². The third kappa shape index (κ3) is 4.95. The molecule has 0 amide bonds. The topological polar surface area (TPSA) is 59.2 Å². The molecule has 2 aromatic heterocycles. The van der Waals surface area contributed by atoms with Crippen LogP contribution >= 0.6 is 0 Å². The molecule has 0 saturated carbocycles. The Morgan fingerprint density at radius 2 is 1.33 bits per heavy atom. The Hall–Kier alpha value is -5.22. The van der Waals surface area contributed by atoms with Crippen molar-refractivity contribution in [3.63, 3.8) is 0 Å². The maximum Gasteiger partial charge on any atom is 0.231 e. The summed E-state index contributed by atoms with van der Waals surface area (Å²) in [6.45, 7) is 8.84. The highest BCUT2D eigenvalue weighted by atomic mass is 16.3. The Morgan fingerprint density at radius 1 is 0.628 bits per heavy atom. The maximum absolute atomic E-state index is 10.5. The van der Waals surface area contributed by atoms with Crippen LogP contribution in [-0.2, 0) is 5.41 Å². The number of benzene rings is 5. The van der Waals surface area contributed by atoms with Gasteiger partial charge in [-0.1, -0.05) is 75.4 Å². The maximum atomic E-state index is 10.5. The van der Waals surface area contributed by atoms with Crippen molar-refractivity contribution >= 4 is 22.0 Å². The van der Waals surface area contributed by atoms with Crippen LogP contribution in [0.5, 0.6) is 5.75 Å². The Balaban J connectivity index is 1.50. The number of pyridine rings is 1. The van der Waals surface area contributed by atoms with E-state index in [9.17, 15) is 5.11 Å². The Kier molecular flexibility index (Phi) is 6.36. The van der Waals surface area contributed by atoms with Crippen LogP contribution in [-0.4, -0.2) is 15.1 Å². The summed E-state index contributed by atoms with van der Waals surface area (Å²) >= 11 is 0. The second kappa shape index (κ2) is 10.2. The largest absolute Gasteiger partial charge is 0.507 e. The van der Waals surface area contributed by atoms with Crippen LogP contribution in [0, 0.1) is 6.92 Å². The van der Waals surface area contributed by atoms with Crippen LogP contribution in [0.1, 0.15) is 31.9 Å². The van der Waals surface area contributed by atoms with E-state index in [1.807, 2.05) is 36.5 Å². The molecular weight excluding hydrogens is 528 g/mol. The average molecular weight is 561 g/mol. The number of phenolic OH excluding ortho intramolecular Hbond substituents is 1. The SMILES string of the molecule is Cc1cnc2c(-c3cc(-c4ccccc4)cc(-c4cccc5oc(-c6ccccc6O)nc45)c3)cc(C(C)(C)C)cc2c1. The lowest BCUT2D eigenvalue weighted by molar-refractivity contribution is 0.474. The van der Waals surface area contributed by atoms with Crippen LogP contribution in [0.3, 0.4) is 0 Å². The molecule has 0 unspecified atom stereocenters. The smallest absolute Gasteiger partial charge is 0.231 e. The van der Waals surface area contributed by atoms with Gasteiger partial charge in [-0.25, -0.2) is 4.98 Å². The molecule has 0 aliphatic rings. The lowest BCUT2D eigenvalue weighted by atomic mass is 9.83. The van der Waals surface area contributed by atoms with E-state index in [1.165, 1.54) is 5.56 Å². The number of hydrogen-bond donors (Lipinski definition) is 1. The summed E-state index contributed by atoms with van der Waals surface area (Å²) in [5, 5.41) is 11.6. The molecule has 2 heterocycles. The van der Waals surface area contributed by atoms with Crippen LogP contribution in [0.2, 0.25) is 0 Å². The van der Waals surface area contributed by atoms with Crippen LogP contribution in [0.15, 0.2) is 120 Å². The van der Waals surface area contributed by atoms with E-state index < -0.39 is 0 Å². The van der Waals surface area contributed by atoms with Crippen molar-refractivity contribution < 1.29 is 9.52 Å². The van der Waals surface area contributed by atoms with E-state index in [0.29, 0.717) is 17.0 Å². The minimum atomic E-state index is -0.0295. The van der Waals surface area contributed by atoms with Gasteiger partial charge in [0, 0.05) is 22.7 Å².